The predicted molar refractivity (Wildman–Crippen MR) is 86.2 cm³/mol. The first kappa shape index (κ1) is 11.9. The fraction of sp³-hybridized carbons (Fsp3) is 0.0625. The first-order valence-electron chi connectivity index (χ1n) is 6.23. The summed E-state index contributed by atoms with van der Waals surface area (Å²) in [7, 11) is 1.65. The standard InChI is InChI=1S/C16H10ClNOS/c1-19-11-7-4-6-10-13-9-5-2-3-8-12(9)20-15(13)16(17)18-14(10)11/h2-8H,1H3. The quantitative estimate of drug-likeness (QED) is 0.447. The molecule has 0 bridgehead atoms. The molecule has 20 heavy (non-hydrogen) atoms. The molecule has 0 amide bonds. The van der Waals surface area contributed by atoms with Crippen LogP contribution in [0.1, 0.15) is 0 Å². The Morgan fingerprint density at radius 3 is 2.70 bits per heavy atom. The van der Waals surface area contributed by atoms with E-state index in [2.05, 4.69) is 29.2 Å². The number of benzene rings is 2. The van der Waals surface area contributed by atoms with E-state index in [0.717, 1.165) is 21.4 Å². The molecule has 4 rings (SSSR count). The molecule has 2 nitrogen and oxygen atoms in total. The Kier molecular flexibility index (Phi) is 2.59. The normalized spacial score (nSPS) is 11.5. The van der Waals surface area contributed by atoms with Gasteiger partial charge >= 0.3 is 0 Å². The maximum Gasteiger partial charge on any atom is 0.147 e. The molecular weight excluding hydrogens is 290 g/mol. The maximum atomic E-state index is 6.38. The van der Waals surface area contributed by atoms with E-state index >= 15 is 0 Å². The van der Waals surface area contributed by atoms with E-state index in [-0.39, 0.29) is 0 Å². The summed E-state index contributed by atoms with van der Waals surface area (Å²) in [5.74, 6) is 0.751. The van der Waals surface area contributed by atoms with E-state index in [1.807, 2.05) is 18.2 Å². The van der Waals surface area contributed by atoms with Crippen LogP contribution in [-0.2, 0) is 0 Å². The Balaban J connectivity index is 2.34. The van der Waals surface area contributed by atoms with Crippen LogP contribution in [0.5, 0.6) is 5.75 Å². The van der Waals surface area contributed by atoms with E-state index < -0.39 is 0 Å². The lowest BCUT2D eigenvalue weighted by atomic mass is 10.1. The van der Waals surface area contributed by atoms with Crippen molar-refractivity contribution in [3.8, 4) is 5.75 Å². The molecule has 0 aliphatic carbocycles. The third-order valence-corrected chi connectivity index (χ3v) is 5.04. The summed E-state index contributed by atoms with van der Waals surface area (Å²) < 4.78 is 7.66. The SMILES string of the molecule is COc1cccc2c1nc(Cl)c1sc3ccccc3c12. The highest BCUT2D eigenvalue weighted by molar-refractivity contribution is 7.26. The summed E-state index contributed by atoms with van der Waals surface area (Å²) >= 11 is 8.06. The molecule has 98 valence electrons. The van der Waals surface area contributed by atoms with Gasteiger partial charge in [0.25, 0.3) is 0 Å². The topological polar surface area (TPSA) is 22.1 Å². The Hall–Kier alpha value is -1.84. The molecule has 0 aliphatic heterocycles. The van der Waals surface area contributed by atoms with Crippen LogP contribution in [-0.4, -0.2) is 12.1 Å². The summed E-state index contributed by atoms with van der Waals surface area (Å²) in [6.07, 6.45) is 0. The lowest BCUT2D eigenvalue weighted by Crippen LogP contribution is -1.88. The van der Waals surface area contributed by atoms with Gasteiger partial charge in [0.05, 0.1) is 11.8 Å². The lowest BCUT2D eigenvalue weighted by molar-refractivity contribution is 0.419. The summed E-state index contributed by atoms with van der Waals surface area (Å²) in [4.78, 5) is 4.52. The third kappa shape index (κ3) is 1.54. The fourth-order valence-corrected chi connectivity index (χ4v) is 4.00. The average Bonchev–Trinajstić information content (AvgIpc) is 2.87. The minimum atomic E-state index is 0.540. The highest BCUT2D eigenvalue weighted by Gasteiger charge is 2.15. The number of hydrogen-bond acceptors (Lipinski definition) is 3. The second-order valence-corrected chi connectivity index (χ2v) is 5.97. The second-order valence-electron chi connectivity index (χ2n) is 4.56. The molecule has 2 heterocycles. The van der Waals surface area contributed by atoms with E-state index in [1.54, 1.807) is 18.4 Å². The zero-order valence-electron chi connectivity index (χ0n) is 10.7. The summed E-state index contributed by atoms with van der Waals surface area (Å²) in [6.45, 7) is 0. The number of thiophene rings is 1. The highest BCUT2D eigenvalue weighted by atomic mass is 35.5. The van der Waals surface area contributed by atoms with Crippen molar-refractivity contribution in [2.45, 2.75) is 0 Å². The number of nitrogens with zero attached hydrogens (tertiary/aromatic N) is 1. The number of halogens is 1. The number of methoxy groups -OCH3 is 1. The molecule has 0 unspecified atom stereocenters. The predicted octanol–water partition coefficient (Wildman–Crippen LogP) is 5.26. The monoisotopic (exact) mass is 299 g/mol. The van der Waals surface area contributed by atoms with Gasteiger partial charge in [-0.05, 0) is 12.1 Å². The largest absolute Gasteiger partial charge is 0.494 e. The van der Waals surface area contributed by atoms with Gasteiger partial charge in [-0.25, -0.2) is 4.98 Å². The zero-order valence-corrected chi connectivity index (χ0v) is 12.3. The molecule has 0 saturated carbocycles. The van der Waals surface area contributed by atoms with Crippen molar-refractivity contribution in [3.63, 3.8) is 0 Å². The Morgan fingerprint density at radius 2 is 1.85 bits per heavy atom. The summed E-state index contributed by atoms with van der Waals surface area (Å²) in [5.41, 5.74) is 0.816. The van der Waals surface area contributed by atoms with Crippen molar-refractivity contribution in [1.29, 1.82) is 0 Å². The van der Waals surface area contributed by atoms with Crippen LogP contribution in [0.15, 0.2) is 42.5 Å². The molecule has 2 aromatic carbocycles. The van der Waals surface area contributed by atoms with Gasteiger partial charge in [-0.2, -0.15) is 0 Å². The molecule has 0 spiro atoms. The van der Waals surface area contributed by atoms with Crippen LogP contribution < -0.4 is 4.74 Å². The van der Waals surface area contributed by atoms with Crippen LogP contribution in [0, 0.1) is 0 Å². The minimum absolute atomic E-state index is 0.540. The van der Waals surface area contributed by atoms with Crippen molar-refractivity contribution in [1.82, 2.24) is 4.98 Å². The lowest BCUT2D eigenvalue weighted by Gasteiger charge is -2.06. The van der Waals surface area contributed by atoms with Gasteiger partial charge in [-0.15, -0.1) is 11.3 Å². The van der Waals surface area contributed by atoms with Gasteiger partial charge in [0.1, 0.15) is 16.4 Å². The number of para-hydroxylation sites is 1. The van der Waals surface area contributed by atoms with Gasteiger partial charge in [0.15, 0.2) is 0 Å². The molecule has 0 aliphatic rings. The molecule has 4 aromatic rings. The Labute approximate surface area is 124 Å². The number of fused-ring (bicyclic) bond motifs is 5. The van der Waals surface area contributed by atoms with E-state index in [4.69, 9.17) is 16.3 Å². The Bertz CT molecular complexity index is 961. The third-order valence-electron chi connectivity index (χ3n) is 3.48. The molecule has 4 heteroatoms. The zero-order chi connectivity index (χ0) is 13.7. The van der Waals surface area contributed by atoms with Crippen LogP contribution in [0.2, 0.25) is 5.15 Å². The fourth-order valence-electron chi connectivity index (χ4n) is 2.61. The highest BCUT2D eigenvalue weighted by Crippen LogP contribution is 2.42. The first-order valence-corrected chi connectivity index (χ1v) is 7.42. The smallest absolute Gasteiger partial charge is 0.147 e. The van der Waals surface area contributed by atoms with Crippen molar-refractivity contribution >= 4 is 54.0 Å². The van der Waals surface area contributed by atoms with Crippen molar-refractivity contribution in [3.05, 3.63) is 47.6 Å². The van der Waals surface area contributed by atoms with E-state index in [1.165, 1.54) is 15.5 Å². The number of aromatic nitrogens is 1. The number of ether oxygens (including phenoxy) is 1. The van der Waals surface area contributed by atoms with E-state index in [0.29, 0.717) is 5.15 Å². The average molecular weight is 300 g/mol. The minimum Gasteiger partial charge on any atom is -0.494 e. The molecule has 0 saturated heterocycles. The molecular formula is C16H10ClNOS. The van der Waals surface area contributed by atoms with Gasteiger partial charge in [0, 0.05) is 20.9 Å². The second kappa shape index (κ2) is 4.33. The number of rotatable bonds is 1. The molecule has 0 fully saturated rings. The molecule has 0 atom stereocenters. The van der Waals surface area contributed by atoms with Crippen LogP contribution in [0.25, 0.3) is 31.1 Å². The summed E-state index contributed by atoms with van der Waals surface area (Å²) in [5, 5.41) is 4.01. The van der Waals surface area contributed by atoms with Gasteiger partial charge < -0.3 is 4.74 Å². The van der Waals surface area contributed by atoms with Crippen LogP contribution in [0.4, 0.5) is 0 Å². The first-order chi connectivity index (χ1) is 9.79. The van der Waals surface area contributed by atoms with Gasteiger partial charge in [-0.3, -0.25) is 0 Å². The maximum absolute atomic E-state index is 6.38. The summed E-state index contributed by atoms with van der Waals surface area (Å²) in [6, 6.07) is 14.3. The van der Waals surface area contributed by atoms with Gasteiger partial charge in [0.2, 0.25) is 0 Å². The van der Waals surface area contributed by atoms with Crippen LogP contribution in [0.3, 0.4) is 0 Å². The van der Waals surface area contributed by atoms with Gasteiger partial charge in [-0.1, -0.05) is 41.9 Å². The van der Waals surface area contributed by atoms with Crippen molar-refractivity contribution in [2.75, 3.05) is 7.11 Å². The van der Waals surface area contributed by atoms with Crippen molar-refractivity contribution in [2.24, 2.45) is 0 Å². The molecule has 0 radical (unpaired) electrons. The van der Waals surface area contributed by atoms with Crippen LogP contribution >= 0.6 is 22.9 Å². The van der Waals surface area contributed by atoms with Crippen molar-refractivity contribution < 1.29 is 4.74 Å². The number of hydrogen-bond donors (Lipinski definition) is 0. The molecule has 0 N–H and O–H groups in total. The Morgan fingerprint density at radius 1 is 1.05 bits per heavy atom. The molecule has 2 aromatic heterocycles. The van der Waals surface area contributed by atoms with E-state index in [9.17, 15) is 0 Å². The number of pyridine rings is 1.